The van der Waals surface area contributed by atoms with Gasteiger partial charge in [0.25, 0.3) is 0 Å². The van der Waals surface area contributed by atoms with E-state index in [-0.39, 0.29) is 0 Å². The molecular formula is C20H28N2O3S2. The quantitative estimate of drug-likeness (QED) is 0.724. The van der Waals surface area contributed by atoms with Crippen molar-refractivity contribution in [3.05, 3.63) is 46.2 Å². The monoisotopic (exact) mass is 408 g/mol. The fourth-order valence-electron chi connectivity index (χ4n) is 3.39. The lowest BCUT2D eigenvalue weighted by Crippen LogP contribution is -2.38. The third-order valence-corrected chi connectivity index (χ3v) is 7.27. The Hall–Kier alpha value is -1.41. The predicted octanol–water partition coefficient (Wildman–Crippen LogP) is 3.65. The van der Waals surface area contributed by atoms with Crippen LogP contribution in [0.1, 0.15) is 30.2 Å². The highest BCUT2D eigenvalue weighted by molar-refractivity contribution is 7.89. The summed E-state index contributed by atoms with van der Waals surface area (Å²) < 4.78 is 33.5. The number of ether oxygens (including phenoxy) is 1. The molecule has 2 aromatic rings. The van der Waals surface area contributed by atoms with Crippen molar-refractivity contribution in [2.24, 2.45) is 5.92 Å². The van der Waals surface area contributed by atoms with Crippen molar-refractivity contribution in [3.63, 3.8) is 0 Å². The van der Waals surface area contributed by atoms with Crippen LogP contribution < -0.4 is 9.46 Å². The summed E-state index contributed by atoms with van der Waals surface area (Å²) in [4.78, 5) is 4.14. The molecule has 0 aliphatic carbocycles. The first kappa shape index (κ1) is 20.3. The summed E-state index contributed by atoms with van der Waals surface area (Å²) in [6.45, 7) is 7.89. The van der Waals surface area contributed by atoms with Gasteiger partial charge in [0.2, 0.25) is 10.0 Å². The number of benzene rings is 1. The van der Waals surface area contributed by atoms with Gasteiger partial charge in [0.05, 0.1) is 11.5 Å². The molecule has 0 saturated carbocycles. The smallest absolute Gasteiger partial charge is 0.240 e. The zero-order chi connectivity index (χ0) is 19.3. The largest absolute Gasteiger partial charge is 0.494 e. The molecule has 1 fully saturated rings. The third-order valence-electron chi connectivity index (χ3n) is 4.99. The molecule has 2 heterocycles. The number of thiophene rings is 1. The van der Waals surface area contributed by atoms with Gasteiger partial charge in [-0.1, -0.05) is 6.07 Å². The summed E-state index contributed by atoms with van der Waals surface area (Å²) in [6, 6.07) is 9.28. The molecule has 27 heavy (non-hydrogen) atoms. The minimum Gasteiger partial charge on any atom is -0.494 e. The van der Waals surface area contributed by atoms with Crippen LogP contribution in [0.3, 0.4) is 0 Å². The number of hydrogen-bond donors (Lipinski definition) is 1. The molecule has 1 N–H and O–H groups in total. The highest BCUT2D eigenvalue weighted by Crippen LogP contribution is 2.23. The first-order valence-corrected chi connectivity index (χ1v) is 11.8. The lowest BCUT2D eigenvalue weighted by Gasteiger charge is -2.31. The lowest BCUT2D eigenvalue weighted by molar-refractivity contribution is 0.180. The topological polar surface area (TPSA) is 58.6 Å². The van der Waals surface area contributed by atoms with Gasteiger partial charge in [-0.15, -0.1) is 11.3 Å². The van der Waals surface area contributed by atoms with Gasteiger partial charge in [0.1, 0.15) is 5.75 Å². The number of sulfonamides is 1. The maximum absolute atomic E-state index is 12.6. The van der Waals surface area contributed by atoms with Crippen LogP contribution in [0, 0.1) is 12.8 Å². The Kier molecular flexibility index (Phi) is 6.92. The molecule has 1 saturated heterocycles. The van der Waals surface area contributed by atoms with Crippen molar-refractivity contribution in [2.45, 2.75) is 38.1 Å². The highest BCUT2D eigenvalue weighted by atomic mass is 32.2. The summed E-state index contributed by atoms with van der Waals surface area (Å²) in [5.41, 5.74) is 0.835. The Morgan fingerprint density at radius 3 is 2.67 bits per heavy atom. The number of nitrogens with one attached hydrogen (secondary N) is 1. The SMILES string of the molecule is CCOc1ccc(S(=O)(=O)NCC2CCN(Cc3cccs3)CC2)cc1C. The summed E-state index contributed by atoms with van der Waals surface area (Å²) >= 11 is 1.79. The fourth-order valence-corrected chi connectivity index (χ4v) is 5.34. The van der Waals surface area contributed by atoms with Crippen LogP contribution in [0.25, 0.3) is 0 Å². The maximum Gasteiger partial charge on any atom is 0.240 e. The van der Waals surface area contributed by atoms with Gasteiger partial charge < -0.3 is 4.74 Å². The Morgan fingerprint density at radius 2 is 2.04 bits per heavy atom. The van der Waals surface area contributed by atoms with Crippen molar-refractivity contribution >= 4 is 21.4 Å². The molecule has 5 nitrogen and oxygen atoms in total. The van der Waals surface area contributed by atoms with E-state index >= 15 is 0 Å². The van der Waals surface area contributed by atoms with Crippen molar-refractivity contribution in [3.8, 4) is 5.75 Å². The maximum atomic E-state index is 12.6. The van der Waals surface area contributed by atoms with Crippen LogP contribution in [-0.2, 0) is 16.6 Å². The average molecular weight is 409 g/mol. The predicted molar refractivity (Wildman–Crippen MR) is 110 cm³/mol. The van der Waals surface area contributed by atoms with Gasteiger partial charge in [0, 0.05) is 18.0 Å². The number of hydrogen-bond acceptors (Lipinski definition) is 5. The van der Waals surface area contributed by atoms with Crippen molar-refractivity contribution < 1.29 is 13.2 Å². The second-order valence-corrected chi connectivity index (χ2v) is 9.81. The Balaban J connectivity index is 1.50. The summed E-state index contributed by atoms with van der Waals surface area (Å²) in [6.07, 6.45) is 2.05. The molecule has 0 bridgehead atoms. The van der Waals surface area contributed by atoms with E-state index in [4.69, 9.17) is 4.74 Å². The molecule has 0 amide bonds. The fraction of sp³-hybridized carbons (Fsp3) is 0.500. The number of likely N-dealkylation sites (tertiary alicyclic amines) is 1. The molecule has 3 rings (SSSR count). The minimum absolute atomic E-state index is 0.304. The van der Waals surface area contributed by atoms with Gasteiger partial charge in [-0.25, -0.2) is 13.1 Å². The summed E-state index contributed by atoms with van der Waals surface area (Å²) in [5.74, 6) is 1.12. The van der Waals surface area contributed by atoms with E-state index in [2.05, 4.69) is 27.1 Å². The molecule has 1 aliphatic rings. The number of piperidine rings is 1. The third kappa shape index (κ3) is 5.54. The van der Waals surface area contributed by atoms with Gasteiger partial charge >= 0.3 is 0 Å². The van der Waals surface area contributed by atoms with Crippen LogP contribution in [0.2, 0.25) is 0 Å². The second-order valence-electron chi connectivity index (χ2n) is 7.01. The molecule has 148 valence electrons. The van der Waals surface area contributed by atoms with E-state index in [1.807, 2.05) is 13.8 Å². The second kappa shape index (κ2) is 9.19. The van der Waals surface area contributed by atoms with E-state index in [0.717, 1.165) is 43.8 Å². The van der Waals surface area contributed by atoms with E-state index < -0.39 is 10.0 Å². The summed E-state index contributed by atoms with van der Waals surface area (Å²) in [5, 5.41) is 2.11. The Labute approximate surface area is 166 Å². The molecule has 0 radical (unpaired) electrons. The van der Waals surface area contributed by atoms with E-state index in [0.29, 0.717) is 24.0 Å². The molecule has 0 spiro atoms. The summed E-state index contributed by atoms with van der Waals surface area (Å²) in [7, 11) is -3.49. The normalized spacial score (nSPS) is 16.5. The Morgan fingerprint density at radius 1 is 1.26 bits per heavy atom. The van der Waals surface area contributed by atoms with E-state index in [1.54, 1.807) is 29.5 Å². The number of nitrogens with zero attached hydrogens (tertiary/aromatic N) is 1. The van der Waals surface area contributed by atoms with Gasteiger partial charge in [-0.05, 0) is 80.9 Å². The zero-order valence-corrected chi connectivity index (χ0v) is 17.6. The number of rotatable bonds is 8. The number of aryl methyl sites for hydroxylation is 1. The van der Waals surface area contributed by atoms with Crippen molar-refractivity contribution in [2.75, 3.05) is 26.2 Å². The first-order chi connectivity index (χ1) is 13.0. The van der Waals surface area contributed by atoms with Crippen molar-refractivity contribution in [1.82, 2.24) is 9.62 Å². The molecule has 7 heteroatoms. The highest BCUT2D eigenvalue weighted by Gasteiger charge is 2.22. The van der Waals surface area contributed by atoms with Crippen LogP contribution in [0.4, 0.5) is 0 Å². The molecule has 1 aliphatic heterocycles. The van der Waals surface area contributed by atoms with E-state index in [1.165, 1.54) is 4.88 Å². The van der Waals surface area contributed by atoms with Crippen LogP contribution in [0.5, 0.6) is 5.75 Å². The zero-order valence-electron chi connectivity index (χ0n) is 16.0. The average Bonchev–Trinajstić information content (AvgIpc) is 3.16. The van der Waals surface area contributed by atoms with Gasteiger partial charge in [0.15, 0.2) is 0 Å². The standard InChI is InChI=1S/C20H28N2O3S2/c1-3-25-20-7-6-19(13-16(20)2)27(23,24)21-14-17-8-10-22(11-9-17)15-18-5-4-12-26-18/h4-7,12-13,17,21H,3,8-11,14-15H2,1-2H3. The molecule has 0 atom stereocenters. The minimum atomic E-state index is -3.49. The Bertz CT molecular complexity index is 827. The molecule has 0 unspecified atom stereocenters. The van der Waals surface area contributed by atoms with Crippen LogP contribution in [0.15, 0.2) is 40.6 Å². The van der Waals surface area contributed by atoms with E-state index in [9.17, 15) is 8.42 Å². The van der Waals surface area contributed by atoms with Gasteiger partial charge in [-0.3, -0.25) is 4.90 Å². The van der Waals surface area contributed by atoms with Crippen LogP contribution in [-0.4, -0.2) is 39.6 Å². The first-order valence-electron chi connectivity index (χ1n) is 9.46. The molecule has 1 aromatic heterocycles. The van der Waals surface area contributed by atoms with Gasteiger partial charge in [-0.2, -0.15) is 0 Å². The lowest BCUT2D eigenvalue weighted by atomic mass is 9.97. The van der Waals surface area contributed by atoms with Crippen LogP contribution >= 0.6 is 11.3 Å². The molecule has 1 aromatic carbocycles. The molecular weight excluding hydrogens is 380 g/mol. The van der Waals surface area contributed by atoms with Crippen molar-refractivity contribution in [1.29, 1.82) is 0 Å².